The largest absolute Gasteiger partial charge is 0.481 e. The van der Waals surface area contributed by atoms with Crippen LogP contribution in [0.3, 0.4) is 0 Å². The molecular formula is C39H28F2N4O4. The number of pyridine rings is 2. The molecule has 0 unspecified atom stereocenters. The second-order valence-corrected chi connectivity index (χ2v) is 12.8. The van der Waals surface area contributed by atoms with Crippen molar-refractivity contribution in [3.8, 4) is 23.8 Å². The molecular weight excluding hydrogens is 626 g/mol. The highest BCUT2D eigenvalue weighted by molar-refractivity contribution is 5.79. The topological polar surface area (TPSA) is 132 Å². The van der Waals surface area contributed by atoms with Crippen molar-refractivity contribution in [2.75, 3.05) is 7.11 Å². The first-order valence-corrected chi connectivity index (χ1v) is 15.8. The molecule has 0 spiro atoms. The Labute approximate surface area is 279 Å². The van der Waals surface area contributed by atoms with Gasteiger partial charge < -0.3 is 19.7 Å². The molecule has 5 atom stereocenters. The van der Waals surface area contributed by atoms with E-state index in [4.69, 9.17) is 9.47 Å². The van der Waals surface area contributed by atoms with Gasteiger partial charge >= 0.3 is 0 Å². The Morgan fingerprint density at radius 2 is 1.69 bits per heavy atom. The first-order chi connectivity index (χ1) is 23.6. The van der Waals surface area contributed by atoms with Gasteiger partial charge in [0.05, 0.1) is 41.3 Å². The molecule has 242 valence electrons. The lowest BCUT2D eigenvalue weighted by Gasteiger charge is -2.41. The van der Waals surface area contributed by atoms with Crippen LogP contribution >= 0.6 is 0 Å². The molecule has 2 aliphatic carbocycles. The molecule has 3 heterocycles. The fourth-order valence-corrected chi connectivity index (χ4v) is 8.28. The summed E-state index contributed by atoms with van der Waals surface area (Å²) >= 11 is 0. The van der Waals surface area contributed by atoms with Crippen LogP contribution in [0, 0.1) is 28.6 Å². The van der Waals surface area contributed by atoms with Crippen molar-refractivity contribution in [2.24, 2.45) is 5.92 Å². The summed E-state index contributed by atoms with van der Waals surface area (Å²) in [5.41, 5.74) is -1.55. The average molecular weight is 655 g/mol. The second-order valence-electron chi connectivity index (χ2n) is 12.8. The highest BCUT2D eigenvalue weighted by Crippen LogP contribution is 2.70. The quantitative estimate of drug-likeness (QED) is 0.279. The van der Waals surface area contributed by atoms with Crippen molar-refractivity contribution >= 4 is 22.6 Å². The van der Waals surface area contributed by atoms with E-state index in [1.54, 1.807) is 36.4 Å². The van der Waals surface area contributed by atoms with Crippen molar-refractivity contribution in [2.45, 2.75) is 42.0 Å². The Morgan fingerprint density at radius 1 is 0.959 bits per heavy atom. The number of fused-ring (bicyclic) bond motifs is 5. The molecule has 1 fully saturated rings. The molecule has 1 aliphatic heterocycles. The van der Waals surface area contributed by atoms with Crippen LogP contribution in [-0.2, 0) is 11.2 Å². The predicted molar refractivity (Wildman–Crippen MR) is 175 cm³/mol. The van der Waals surface area contributed by atoms with Gasteiger partial charge in [0.1, 0.15) is 17.5 Å². The van der Waals surface area contributed by atoms with E-state index in [0.717, 1.165) is 11.5 Å². The van der Waals surface area contributed by atoms with Crippen LogP contribution < -0.4 is 20.0 Å². The molecule has 8 nitrogen and oxygen atoms in total. The standard InChI is InChI=1S/C39H28F2N4O4/c1-48-36-34-32(17-27(21-43)44-36)49-39(26-13-11-22(20-42)12-14-26)33(23-7-3-2-4-8-23)29(35(46)38(34,39)47)16-25-18-37(40,41)19-31-28(25)15-24-9-5-6-10-30(24)45-31/h2-15,17,19,29,33,35,46-47H,16,18H2,1H3/t29-,33+,35+,38-,39-/m0/s1. The molecule has 0 amide bonds. The van der Waals surface area contributed by atoms with E-state index in [2.05, 4.69) is 16.0 Å². The number of benzene rings is 3. The first kappa shape index (κ1) is 30.6. The van der Waals surface area contributed by atoms with Crippen LogP contribution in [0.5, 0.6) is 11.6 Å². The van der Waals surface area contributed by atoms with Gasteiger partial charge in [-0.05, 0) is 41.8 Å². The van der Waals surface area contributed by atoms with Crippen molar-refractivity contribution < 1.29 is 28.5 Å². The maximum absolute atomic E-state index is 15.5. The zero-order valence-electron chi connectivity index (χ0n) is 26.1. The summed E-state index contributed by atoms with van der Waals surface area (Å²) in [6, 6.07) is 30.3. The third-order valence-corrected chi connectivity index (χ3v) is 10.2. The van der Waals surface area contributed by atoms with Gasteiger partial charge in [-0.3, -0.25) is 0 Å². The minimum atomic E-state index is -3.20. The van der Waals surface area contributed by atoms with Gasteiger partial charge in [-0.2, -0.15) is 10.5 Å². The van der Waals surface area contributed by atoms with Crippen molar-refractivity contribution in [3.63, 3.8) is 0 Å². The summed E-state index contributed by atoms with van der Waals surface area (Å²) in [6.07, 6.45) is -1.35. The third kappa shape index (κ3) is 4.38. The van der Waals surface area contributed by atoms with Crippen molar-refractivity contribution in [3.05, 3.63) is 130 Å². The Balaban J connectivity index is 1.42. The normalized spacial score (nSPS) is 26.0. The Hall–Kier alpha value is -5.68. The van der Waals surface area contributed by atoms with Crippen LogP contribution in [0.25, 0.3) is 22.6 Å². The maximum Gasteiger partial charge on any atom is 0.272 e. The van der Waals surface area contributed by atoms with E-state index in [0.29, 0.717) is 33.0 Å². The molecule has 2 N–H and O–H groups in total. The predicted octanol–water partition coefficient (Wildman–Crippen LogP) is 4.69. The van der Waals surface area contributed by atoms with E-state index >= 15 is 8.78 Å². The molecule has 3 aliphatic rings. The third-order valence-electron chi connectivity index (χ3n) is 10.2. The zero-order chi connectivity index (χ0) is 34.1. The lowest BCUT2D eigenvalue weighted by atomic mass is 9.70. The number of nitriles is 2. The number of nitrogens with zero attached hydrogens (tertiary/aromatic N) is 4. The Bertz CT molecular complexity index is 2370. The molecule has 0 radical (unpaired) electrons. The molecule has 8 rings (SSSR count). The fraction of sp³-hybridized carbons (Fsp3) is 0.231. The number of alkyl halides is 2. The highest BCUT2D eigenvalue weighted by Gasteiger charge is 2.77. The number of aliphatic hydroxyl groups is 2. The molecule has 0 bridgehead atoms. The van der Waals surface area contributed by atoms with Crippen molar-refractivity contribution in [1.29, 1.82) is 10.5 Å². The van der Waals surface area contributed by atoms with Crippen LogP contribution in [0.4, 0.5) is 8.78 Å². The van der Waals surface area contributed by atoms with Gasteiger partial charge in [0.15, 0.2) is 11.2 Å². The zero-order valence-corrected chi connectivity index (χ0v) is 26.1. The van der Waals surface area contributed by atoms with Gasteiger partial charge in [-0.15, -0.1) is 0 Å². The monoisotopic (exact) mass is 654 g/mol. The van der Waals surface area contributed by atoms with Gasteiger partial charge in [-0.1, -0.05) is 66.2 Å². The Morgan fingerprint density at radius 3 is 2.41 bits per heavy atom. The number of aromatic nitrogens is 2. The van der Waals surface area contributed by atoms with Crippen LogP contribution in [0.15, 0.2) is 91.0 Å². The van der Waals surface area contributed by atoms with E-state index in [9.17, 15) is 20.7 Å². The summed E-state index contributed by atoms with van der Waals surface area (Å²) in [7, 11) is 1.34. The Kier molecular flexibility index (Phi) is 6.83. The average Bonchev–Trinajstić information content (AvgIpc) is 3.48. The number of rotatable bonds is 5. The smallest absolute Gasteiger partial charge is 0.272 e. The summed E-state index contributed by atoms with van der Waals surface area (Å²) in [5, 5.41) is 46.6. The number of hydrogen-bond donors (Lipinski definition) is 2. The number of aliphatic hydroxyl groups excluding tert-OH is 1. The second kappa shape index (κ2) is 10.9. The van der Waals surface area contributed by atoms with Crippen molar-refractivity contribution in [1.82, 2.24) is 9.97 Å². The van der Waals surface area contributed by atoms with Gasteiger partial charge in [0.2, 0.25) is 5.88 Å². The number of methoxy groups -OCH3 is 1. The highest BCUT2D eigenvalue weighted by atomic mass is 19.3. The molecule has 2 aromatic heterocycles. The minimum Gasteiger partial charge on any atom is -0.481 e. The van der Waals surface area contributed by atoms with Gasteiger partial charge in [0.25, 0.3) is 5.92 Å². The first-order valence-electron chi connectivity index (χ1n) is 15.8. The summed E-state index contributed by atoms with van der Waals surface area (Å²) in [6.45, 7) is 0. The number of hydrogen-bond acceptors (Lipinski definition) is 8. The van der Waals surface area contributed by atoms with Crippen LogP contribution in [0.1, 0.15) is 46.7 Å². The van der Waals surface area contributed by atoms with E-state index in [1.807, 2.05) is 54.6 Å². The molecule has 0 saturated heterocycles. The van der Waals surface area contributed by atoms with E-state index in [1.165, 1.54) is 13.2 Å². The van der Waals surface area contributed by atoms with Gasteiger partial charge in [-0.25, -0.2) is 18.7 Å². The number of para-hydroxylation sites is 1. The summed E-state index contributed by atoms with van der Waals surface area (Å²) in [4.78, 5) is 8.87. The van der Waals surface area contributed by atoms with Gasteiger partial charge in [0, 0.05) is 41.0 Å². The number of halogens is 2. The SMILES string of the molecule is COc1nc(C#N)cc2c1[C@]1(O)[C@H](O)[C@@H](CC3=c4cc5ccccc5nc4=CC(F)(F)C3)[C@@H](c3ccccc3)[C@]1(c1ccc(C#N)cc1)O2. The van der Waals surface area contributed by atoms with Crippen LogP contribution in [0.2, 0.25) is 0 Å². The molecule has 49 heavy (non-hydrogen) atoms. The number of ether oxygens (including phenoxy) is 2. The van der Waals surface area contributed by atoms with Crippen LogP contribution in [-0.4, -0.2) is 39.3 Å². The fourth-order valence-electron chi connectivity index (χ4n) is 8.28. The summed E-state index contributed by atoms with van der Waals surface area (Å²) in [5.74, 6) is -4.94. The lowest BCUT2D eigenvalue weighted by molar-refractivity contribution is -0.152. The molecule has 3 aromatic carbocycles. The molecule has 1 saturated carbocycles. The minimum absolute atomic E-state index is 0.0240. The maximum atomic E-state index is 15.5. The summed E-state index contributed by atoms with van der Waals surface area (Å²) < 4.78 is 43.4. The van der Waals surface area contributed by atoms with E-state index < -0.39 is 41.5 Å². The van der Waals surface area contributed by atoms with E-state index in [-0.39, 0.29) is 34.7 Å². The lowest BCUT2D eigenvalue weighted by Crippen LogP contribution is -2.52. The molecule has 10 heteroatoms. The molecule has 5 aromatic rings.